The fourth-order valence-electron chi connectivity index (χ4n) is 4.34. The van der Waals surface area contributed by atoms with Gasteiger partial charge in [0.2, 0.25) is 0 Å². The molecule has 0 saturated carbocycles. The van der Waals surface area contributed by atoms with Crippen LogP contribution in [0.5, 0.6) is 0 Å². The summed E-state index contributed by atoms with van der Waals surface area (Å²) in [6.45, 7) is 5.11. The number of nitrogens with zero attached hydrogens (tertiary/aromatic N) is 1. The van der Waals surface area contributed by atoms with E-state index in [1.54, 1.807) is 39.0 Å². The van der Waals surface area contributed by atoms with Crippen LogP contribution in [-0.4, -0.2) is 10.1 Å². The number of hydrogen-bond acceptors (Lipinski definition) is 6. The molecule has 2 N–H and O–H groups in total. The molecule has 0 spiro atoms. The van der Waals surface area contributed by atoms with Crippen molar-refractivity contribution >= 4 is 16.7 Å². The fourth-order valence-corrected chi connectivity index (χ4v) is 4.34. The van der Waals surface area contributed by atoms with Gasteiger partial charge in [-0.15, -0.1) is 0 Å². The van der Waals surface area contributed by atoms with Crippen molar-refractivity contribution in [3.8, 4) is 22.7 Å². The third-order valence-corrected chi connectivity index (χ3v) is 6.12. The first kappa shape index (κ1) is 24.1. The zero-order valence-corrected chi connectivity index (χ0v) is 19.9. The molecule has 0 fully saturated rings. The summed E-state index contributed by atoms with van der Waals surface area (Å²) in [6, 6.07) is 11.0. The van der Waals surface area contributed by atoms with Crippen molar-refractivity contribution in [2.45, 2.75) is 26.8 Å². The van der Waals surface area contributed by atoms with Gasteiger partial charge in [-0.05, 0) is 56.7 Å². The molecule has 37 heavy (non-hydrogen) atoms. The number of fused-ring (bicyclic) bond motifs is 1. The molecule has 10 heteroatoms. The molecule has 0 aliphatic carbocycles. The molecule has 0 aliphatic heterocycles. The molecule has 0 saturated heterocycles. The van der Waals surface area contributed by atoms with Crippen LogP contribution < -0.4 is 16.5 Å². The molecular formula is C27H20F3N3O4. The van der Waals surface area contributed by atoms with Crippen molar-refractivity contribution in [1.29, 1.82) is 0 Å². The first-order valence-electron chi connectivity index (χ1n) is 11.3. The van der Waals surface area contributed by atoms with Crippen molar-refractivity contribution in [2.24, 2.45) is 0 Å². The number of hydrogen-bond donors (Lipinski definition) is 2. The third kappa shape index (κ3) is 4.20. The second kappa shape index (κ2) is 9.12. The molecule has 7 nitrogen and oxygen atoms in total. The number of aromatic nitrogens is 2. The Labute approximate surface area is 207 Å². The predicted molar refractivity (Wildman–Crippen MR) is 132 cm³/mol. The normalized spacial score (nSPS) is 12.2. The molecule has 3 aromatic carbocycles. The summed E-state index contributed by atoms with van der Waals surface area (Å²) in [5.74, 6) is -4.05. The van der Waals surface area contributed by atoms with Gasteiger partial charge in [0.25, 0.3) is 0 Å². The first-order valence-corrected chi connectivity index (χ1v) is 11.3. The Bertz CT molecular complexity index is 1790. The van der Waals surface area contributed by atoms with E-state index in [0.29, 0.717) is 10.9 Å². The lowest BCUT2D eigenvalue weighted by Gasteiger charge is -2.20. The van der Waals surface area contributed by atoms with E-state index in [4.69, 9.17) is 4.42 Å². The van der Waals surface area contributed by atoms with Crippen LogP contribution in [-0.2, 0) is 0 Å². The smallest absolute Gasteiger partial charge is 0.439 e. The number of rotatable bonds is 5. The van der Waals surface area contributed by atoms with Crippen molar-refractivity contribution in [3.05, 3.63) is 103 Å². The quantitative estimate of drug-likeness (QED) is 0.302. The minimum absolute atomic E-state index is 0.0987. The summed E-state index contributed by atoms with van der Waals surface area (Å²) in [4.78, 5) is 27.0. The van der Waals surface area contributed by atoms with Gasteiger partial charge in [0.1, 0.15) is 17.2 Å². The molecule has 0 amide bonds. The summed E-state index contributed by atoms with van der Waals surface area (Å²) in [5, 5.41) is 6.86. The third-order valence-electron chi connectivity index (χ3n) is 6.12. The van der Waals surface area contributed by atoms with E-state index in [-0.39, 0.29) is 45.0 Å². The number of benzene rings is 3. The van der Waals surface area contributed by atoms with E-state index >= 15 is 0 Å². The van der Waals surface area contributed by atoms with Gasteiger partial charge in [-0.25, -0.2) is 18.0 Å². The van der Waals surface area contributed by atoms with E-state index < -0.39 is 29.2 Å². The number of H-pyrrole nitrogens is 1. The number of aromatic amines is 1. The summed E-state index contributed by atoms with van der Waals surface area (Å²) >= 11 is 0. The summed E-state index contributed by atoms with van der Waals surface area (Å²) in [7, 11) is 0. The molecule has 0 radical (unpaired) electrons. The monoisotopic (exact) mass is 507 g/mol. The SMILES string of the molecule is Cc1cc([C@@H](C)Nc2ccc(F)c(F)c2-c2noc(=O)[nH]2)c2oc(-c3ccccc3F)c(C)c(=O)c2c1. The lowest BCUT2D eigenvalue weighted by molar-refractivity contribution is 0.387. The van der Waals surface area contributed by atoms with Crippen LogP contribution in [0.1, 0.15) is 29.7 Å². The van der Waals surface area contributed by atoms with Crippen LogP contribution in [0.2, 0.25) is 0 Å². The largest absolute Gasteiger partial charge is 0.455 e. The van der Waals surface area contributed by atoms with E-state index in [9.17, 15) is 22.8 Å². The molecule has 2 heterocycles. The van der Waals surface area contributed by atoms with Crippen molar-refractivity contribution < 1.29 is 22.1 Å². The molecule has 5 aromatic rings. The second-order valence-corrected chi connectivity index (χ2v) is 8.69. The van der Waals surface area contributed by atoms with Gasteiger partial charge in [-0.2, -0.15) is 0 Å². The second-order valence-electron chi connectivity index (χ2n) is 8.69. The maximum absolute atomic E-state index is 14.8. The highest BCUT2D eigenvalue weighted by atomic mass is 19.2. The lowest BCUT2D eigenvalue weighted by Crippen LogP contribution is -2.13. The van der Waals surface area contributed by atoms with Gasteiger partial charge in [0.05, 0.1) is 22.6 Å². The topological polar surface area (TPSA) is 101 Å². The number of nitrogens with one attached hydrogen (secondary N) is 2. The van der Waals surface area contributed by atoms with Gasteiger partial charge in [-0.1, -0.05) is 23.4 Å². The Morgan fingerprint density at radius 2 is 1.76 bits per heavy atom. The number of aryl methyl sites for hydroxylation is 1. The van der Waals surface area contributed by atoms with Crippen LogP contribution in [0, 0.1) is 31.3 Å². The molecule has 188 valence electrons. The van der Waals surface area contributed by atoms with Crippen LogP contribution in [0.25, 0.3) is 33.7 Å². The summed E-state index contributed by atoms with van der Waals surface area (Å²) in [5.41, 5.74) is 1.36. The van der Waals surface area contributed by atoms with Crippen LogP contribution in [0.15, 0.2) is 67.1 Å². The molecule has 0 bridgehead atoms. The maximum atomic E-state index is 14.8. The summed E-state index contributed by atoms with van der Waals surface area (Å²) < 4.78 is 54.1. The van der Waals surface area contributed by atoms with E-state index in [0.717, 1.165) is 11.6 Å². The molecule has 5 rings (SSSR count). The maximum Gasteiger partial charge on any atom is 0.439 e. The highest BCUT2D eigenvalue weighted by molar-refractivity contribution is 5.85. The van der Waals surface area contributed by atoms with Crippen molar-refractivity contribution in [2.75, 3.05) is 5.32 Å². The Morgan fingerprint density at radius 3 is 2.46 bits per heavy atom. The van der Waals surface area contributed by atoms with E-state index in [2.05, 4.69) is 20.0 Å². The molecule has 0 unspecified atom stereocenters. The number of halogens is 3. The minimum Gasteiger partial charge on any atom is -0.455 e. The molecule has 1 atom stereocenters. The standard InChI is InChI=1S/C27H20F3N3O4/c1-12-10-16(14(3)31-20-9-8-19(29)22(30)21(20)26-32-27(35)37-33-26)25-17(11-12)23(34)13(2)24(36-25)15-6-4-5-7-18(15)28/h4-11,14,31H,1-3H3,(H,32,33,35)/t14-/m1/s1. The molecule has 2 aromatic heterocycles. The number of anilines is 1. The first-order chi connectivity index (χ1) is 17.7. The van der Waals surface area contributed by atoms with E-state index in [1.807, 2.05) is 0 Å². The van der Waals surface area contributed by atoms with Crippen LogP contribution in [0.3, 0.4) is 0 Å². The highest BCUT2D eigenvalue weighted by Crippen LogP contribution is 2.36. The molecule has 0 aliphatic rings. The summed E-state index contributed by atoms with van der Waals surface area (Å²) in [6.07, 6.45) is 0. The van der Waals surface area contributed by atoms with E-state index in [1.165, 1.54) is 24.3 Å². The van der Waals surface area contributed by atoms with Gasteiger partial charge in [0.15, 0.2) is 22.9 Å². The van der Waals surface area contributed by atoms with Crippen molar-refractivity contribution in [3.63, 3.8) is 0 Å². The fraction of sp³-hybridized carbons (Fsp3) is 0.148. The Kier molecular flexibility index (Phi) is 5.94. The van der Waals surface area contributed by atoms with Gasteiger partial charge >= 0.3 is 5.76 Å². The zero-order chi connectivity index (χ0) is 26.4. The Balaban J connectivity index is 1.68. The average Bonchev–Trinajstić information content (AvgIpc) is 3.29. The van der Waals surface area contributed by atoms with Gasteiger partial charge in [-0.3, -0.25) is 14.3 Å². The highest BCUT2D eigenvalue weighted by Gasteiger charge is 2.23. The zero-order valence-electron chi connectivity index (χ0n) is 19.9. The molecular weight excluding hydrogens is 487 g/mol. The Hall–Kier alpha value is -4.60. The van der Waals surface area contributed by atoms with Crippen LogP contribution >= 0.6 is 0 Å². The van der Waals surface area contributed by atoms with Gasteiger partial charge < -0.3 is 9.73 Å². The van der Waals surface area contributed by atoms with Gasteiger partial charge in [0, 0.05) is 16.8 Å². The minimum atomic E-state index is -1.24. The predicted octanol–water partition coefficient (Wildman–Crippen LogP) is 6.01. The van der Waals surface area contributed by atoms with Crippen LogP contribution in [0.4, 0.5) is 18.9 Å². The Morgan fingerprint density at radius 1 is 1.00 bits per heavy atom. The van der Waals surface area contributed by atoms with Crippen molar-refractivity contribution in [1.82, 2.24) is 10.1 Å². The average molecular weight is 507 g/mol. The lowest BCUT2D eigenvalue weighted by atomic mass is 9.98.